The van der Waals surface area contributed by atoms with Crippen LogP contribution < -0.4 is 11.1 Å². The number of aliphatic carboxylic acids is 1. The summed E-state index contributed by atoms with van der Waals surface area (Å²) in [6, 6.07) is -0.906. The van der Waals surface area contributed by atoms with Crippen LogP contribution in [0.5, 0.6) is 0 Å². The minimum absolute atomic E-state index is 0.0885. The molecule has 1 unspecified atom stereocenters. The van der Waals surface area contributed by atoms with E-state index in [9.17, 15) is 9.59 Å². The molecule has 16 heavy (non-hydrogen) atoms. The zero-order valence-corrected chi connectivity index (χ0v) is 10.8. The summed E-state index contributed by atoms with van der Waals surface area (Å²) in [6.07, 6.45) is 0.845. The van der Waals surface area contributed by atoms with Gasteiger partial charge >= 0.3 is 5.97 Å². The molecule has 0 aliphatic rings. The molecule has 0 aromatic carbocycles. The fourth-order valence-electron chi connectivity index (χ4n) is 0.852. The summed E-state index contributed by atoms with van der Waals surface area (Å²) in [6.45, 7) is 5.88. The second-order valence-electron chi connectivity index (χ2n) is 4.25. The number of carbonyl (C=O) groups excluding carboxylic acids is 1. The monoisotopic (exact) mass is 248 g/mol. The van der Waals surface area contributed by atoms with Gasteiger partial charge in [-0.1, -0.05) is 6.92 Å². The molecule has 0 heterocycles. The van der Waals surface area contributed by atoms with Crippen LogP contribution in [-0.2, 0) is 9.59 Å². The van der Waals surface area contributed by atoms with Crippen molar-refractivity contribution in [1.29, 1.82) is 0 Å². The highest BCUT2D eigenvalue weighted by molar-refractivity contribution is 8.00. The first-order valence-electron chi connectivity index (χ1n) is 5.15. The number of rotatable bonds is 7. The molecule has 94 valence electrons. The van der Waals surface area contributed by atoms with Crippen molar-refractivity contribution in [2.75, 3.05) is 11.5 Å². The molecule has 0 rings (SSSR count). The molecule has 0 saturated carbocycles. The smallest absolute Gasteiger partial charge is 0.321 e. The van der Waals surface area contributed by atoms with Crippen molar-refractivity contribution in [3.05, 3.63) is 0 Å². The van der Waals surface area contributed by atoms with E-state index in [1.54, 1.807) is 0 Å². The Labute approximate surface area is 100 Å². The molecule has 0 aromatic heterocycles. The Morgan fingerprint density at radius 2 is 2.06 bits per heavy atom. The molecular weight excluding hydrogens is 228 g/mol. The summed E-state index contributed by atoms with van der Waals surface area (Å²) in [4.78, 5) is 21.9. The molecule has 4 N–H and O–H groups in total. The Balaban J connectivity index is 3.79. The van der Waals surface area contributed by atoms with E-state index < -0.39 is 12.0 Å². The van der Waals surface area contributed by atoms with Crippen LogP contribution in [0.15, 0.2) is 0 Å². The minimum atomic E-state index is -1.04. The molecule has 0 spiro atoms. The first-order valence-corrected chi connectivity index (χ1v) is 6.31. The van der Waals surface area contributed by atoms with Gasteiger partial charge in [0, 0.05) is 11.3 Å². The van der Waals surface area contributed by atoms with E-state index in [4.69, 9.17) is 10.8 Å². The SMILES string of the molecule is CCC(C)(C)NC(=O)CSCC(N)C(=O)O. The topological polar surface area (TPSA) is 92.4 Å². The maximum absolute atomic E-state index is 11.4. The molecule has 0 aromatic rings. The summed E-state index contributed by atoms with van der Waals surface area (Å²) in [5.41, 5.74) is 5.09. The van der Waals surface area contributed by atoms with Crippen LogP contribution in [0.2, 0.25) is 0 Å². The van der Waals surface area contributed by atoms with Gasteiger partial charge in [-0.3, -0.25) is 9.59 Å². The van der Waals surface area contributed by atoms with Gasteiger partial charge in [0.05, 0.1) is 5.75 Å². The van der Waals surface area contributed by atoms with Crippen molar-refractivity contribution in [2.45, 2.75) is 38.8 Å². The van der Waals surface area contributed by atoms with Crippen LogP contribution in [0.4, 0.5) is 0 Å². The van der Waals surface area contributed by atoms with Crippen LogP contribution in [-0.4, -0.2) is 40.1 Å². The Hall–Kier alpha value is -0.750. The number of hydrogen-bond acceptors (Lipinski definition) is 4. The molecular formula is C10H20N2O3S. The number of carboxylic acids is 1. The van der Waals surface area contributed by atoms with Gasteiger partial charge in [0.15, 0.2) is 0 Å². The predicted octanol–water partition coefficient (Wildman–Crippen LogP) is 0.436. The van der Waals surface area contributed by atoms with Crippen molar-refractivity contribution in [2.24, 2.45) is 5.73 Å². The average molecular weight is 248 g/mol. The highest BCUT2D eigenvalue weighted by atomic mass is 32.2. The van der Waals surface area contributed by atoms with Crippen LogP contribution in [0.3, 0.4) is 0 Å². The fourth-order valence-corrected chi connectivity index (χ4v) is 1.62. The lowest BCUT2D eigenvalue weighted by molar-refractivity contribution is -0.138. The molecule has 0 saturated heterocycles. The van der Waals surface area contributed by atoms with Crippen molar-refractivity contribution >= 4 is 23.6 Å². The van der Waals surface area contributed by atoms with Crippen molar-refractivity contribution in [1.82, 2.24) is 5.32 Å². The summed E-state index contributed by atoms with van der Waals surface area (Å²) in [5, 5.41) is 11.4. The molecule has 1 atom stereocenters. The van der Waals surface area contributed by atoms with Gasteiger partial charge in [0.1, 0.15) is 6.04 Å². The van der Waals surface area contributed by atoms with Crippen LogP contribution >= 0.6 is 11.8 Å². The molecule has 0 fully saturated rings. The van der Waals surface area contributed by atoms with E-state index in [1.807, 2.05) is 20.8 Å². The third-order valence-corrected chi connectivity index (χ3v) is 3.27. The standard InChI is InChI=1S/C10H20N2O3S/c1-4-10(2,3)12-8(13)6-16-5-7(11)9(14)15/h7H,4-6,11H2,1-3H3,(H,12,13)(H,14,15). The number of thioether (sulfide) groups is 1. The van der Waals surface area contributed by atoms with Gasteiger partial charge < -0.3 is 16.2 Å². The van der Waals surface area contributed by atoms with Gasteiger partial charge in [-0.2, -0.15) is 0 Å². The number of nitrogens with one attached hydrogen (secondary N) is 1. The van der Waals surface area contributed by atoms with Gasteiger partial charge in [0.2, 0.25) is 5.91 Å². The van der Waals surface area contributed by atoms with E-state index in [1.165, 1.54) is 11.8 Å². The van der Waals surface area contributed by atoms with Gasteiger partial charge in [-0.15, -0.1) is 11.8 Å². The summed E-state index contributed by atoms with van der Waals surface area (Å²) >= 11 is 1.23. The summed E-state index contributed by atoms with van der Waals surface area (Å²) in [5.74, 6) is -0.643. The van der Waals surface area contributed by atoms with Crippen molar-refractivity contribution in [3.8, 4) is 0 Å². The highest BCUT2D eigenvalue weighted by Crippen LogP contribution is 2.08. The second kappa shape index (κ2) is 6.75. The fraction of sp³-hybridized carbons (Fsp3) is 0.800. The van der Waals surface area contributed by atoms with E-state index >= 15 is 0 Å². The van der Waals surface area contributed by atoms with Gasteiger partial charge in [-0.05, 0) is 20.3 Å². The van der Waals surface area contributed by atoms with E-state index in [-0.39, 0.29) is 23.0 Å². The summed E-state index contributed by atoms with van der Waals surface area (Å²) in [7, 11) is 0. The molecule has 1 amide bonds. The first-order chi connectivity index (χ1) is 7.28. The Morgan fingerprint density at radius 3 is 2.50 bits per heavy atom. The highest BCUT2D eigenvalue weighted by Gasteiger charge is 2.18. The van der Waals surface area contributed by atoms with E-state index in [0.717, 1.165) is 6.42 Å². The average Bonchev–Trinajstić information content (AvgIpc) is 2.16. The molecule has 0 bridgehead atoms. The maximum atomic E-state index is 11.4. The number of carbonyl (C=O) groups is 2. The second-order valence-corrected chi connectivity index (χ2v) is 5.28. The van der Waals surface area contributed by atoms with E-state index in [2.05, 4.69) is 5.32 Å². The normalized spacial score (nSPS) is 13.2. The first kappa shape index (κ1) is 15.2. The molecule has 6 heteroatoms. The Morgan fingerprint density at radius 1 is 1.50 bits per heavy atom. The number of nitrogens with two attached hydrogens (primary N) is 1. The lowest BCUT2D eigenvalue weighted by atomic mass is 10.0. The third kappa shape index (κ3) is 6.68. The maximum Gasteiger partial charge on any atom is 0.321 e. The quantitative estimate of drug-likeness (QED) is 0.608. The Bertz CT molecular complexity index is 256. The number of amides is 1. The minimum Gasteiger partial charge on any atom is -0.480 e. The van der Waals surface area contributed by atoms with Crippen LogP contribution in [0.1, 0.15) is 27.2 Å². The van der Waals surface area contributed by atoms with Gasteiger partial charge in [-0.25, -0.2) is 0 Å². The summed E-state index contributed by atoms with van der Waals surface area (Å²) < 4.78 is 0. The molecule has 5 nitrogen and oxygen atoms in total. The van der Waals surface area contributed by atoms with Crippen LogP contribution in [0.25, 0.3) is 0 Å². The largest absolute Gasteiger partial charge is 0.480 e. The van der Waals surface area contributed by atoms with Crippen molar-refractivity contribution in [3.63, 3.8) is 0 Å². The zero-order valence-electron chi connectivity index (χ0n) is 9.95. The molecule has 0 aliphatic carbocycles. The Kier molecular flexibility index (Phi) is 6.43. The lowest BCUT2D eigenvalue weighted by Crippen LogP contribution is -2.44. The molecule has 0 radical (unpaired) electrons. The number of carboxylic acid groups (broad SMARTS) is 1. The van der Waals surface area contributed by atoms with Gasteiger partial charge in [0.25, 0.3) is 0 Å². The predicted molar refractivity (Wildman–Crippen MR) is 65.4 cm³/mol. The third-order valence-electron chi connectivity index (χ3n) is 2.21. The molecule has 0 aliphatic heterocycles. The zero-order chi connectivity index (χ0) is 12.8. The lowest BCUT2D eigenvalue weighted by Gasteiger charge is -2.24. The van der Waals surface area contributed by atoms with E-state index in [0.29, 0.717) is 0 Å². The van der Waals surface area contributed by atoms with Crippen molar-refractivity contribution < 1.29 is 14.7 Å². The van der Waals surface area contributed by atoms with Crippen LogP contribution in [0, 0.1) is 0 Å². The number of hydrogen-bond donors (Lipinski definition) is 3.